The number of hydrogen-bond donors (Lipinski definition) is 1. The van der Waals surface area contributed by atoms with Crippen LogP contribution in [-0.2, 0) is 24.4 Å². The Morgan fingerprint density at radius 2 is 1.80 bits per heavy atom. The summed E-state index contributed by atoms with van der Waals surface area (Å²) >= 11 is 0. The number of azide groups is 2. The van der Waals surface area contributed by atoms with Crippen LogP contribution in [0.25, 0.3) is 20.9 Å². The molecule has 0 saturated carbocycles. The Kier molecular flexibility index (Phi) is 8.65. The fourth-order valence-electron chi connectivity index (χ4n) is 1.36. The van der Waals surface area contributed by atoms with Gasteiger partial charge in [0.05, 0.1) is 19.0 Å². The Bertz CT molecular complexity index is 772. The van der Waals surface area contributed by atoms with Gasteiger partial charge in [-0.3, -0.25) is 0 Å². The van der Waals surface area contributed by atoms with Gasteiger partial charge in [0, 0.05) is 9.82 Å². The maximum absolute atomic E-state index is 11.1. The molecule has 0 saturated heterocycles. The van der Waals surface area contributed by atoms with Gasteiger partial charge in [0.2, 0.25) is 11.7 Å². The van der Waals surface area contributed by atoms with Gasteiger partial charge in [0.15, 0.2) is 5.89 Å². The van der Waals surface area contributed by atoms with Crippen LogP contribution in [0.15, 0.2) is 31.5 Å². The molecule has 13 nitrogen and oxygen atoms in total. The minimum atomic E-state index is -0.577. The van der Waals surface area contributed by atoms with Crippen molar-refractivity contribution in [2.45, 2.75) is 26.6 Å². The zero-order valence-corrected chi connectivity index (χ0v) is 13.1. The van der Waals surface area contributed by atoms with Crippen molar-refractivity contribution in [1.82, 2.24) is 9.97 Å². The summed E-state index contributed by atoms with van der Waals surface area (Å²) in [5, 5.41) is 15.0. The van der Waals surface area contributed by atoms with Crippen LogP contribution in [0.3, 0.4) is 0 Å². The zero-order chi connectivity index (χ0) is 18.5. The molecule has 2 aromatic rings. The molecule has 0 atom stereocenters. The lowest BCUT2D eigenvalue weighted by Crippen LogP contribution is -2.02. The Morgan fingerprint density at radius 1 is 1.20 bits per heavy atom. The number of ether oxygens (including phenoxy) is 1. The standard InChI is InChI=1S/C7H8N4O3.C5H6N4O2/c1-2-13-7(12)5-3-9-6(14-5)4-10-11-8;6-9-8-2-5-7-1-4(3-10)11-5/h3H,2,4H2,1H3;1,10H,2-3H2. The van der Waals surface area contributed by atoms with Gasteiger partial charge in [0.25, 0.3) is 0 Å². The summed E-state index contributed by atoms with van der Waals surface area (Å²) in [6.07, 6.45) is 2.63. The first-order chi connectivity index (χ1) is 12.1. The number of hydrogen-bond acceptors (Lipinski definition) is 9. The van der Waals surface area contributed by atoms with Crippen molar-refractivity contribution >= 4 is 5.97 Å². The van der Waals surface area contributed by atoms with Gasteiger partial charge in [-0.15, -0.1) is 0 Å². The molecule has 0 aliphatic carbocycles. The normalized spacial score (nSPS) is 9.20. The van der Waals surface area contributed by atoms with Gasteiger partial charge in [-0.2, -0.15) is 0 Å². The molecule has 0 unspecified atom stereocenters. The molecule has 2 aromatic heterocycles. The van der Waals surface area contributed by atoms with E-state index in [0.717, 1.165) is 0 Å². The number of aromatic nitrogens is 2. The van der Waals surface area contributed by atoms with Crippen molar-refractivity contribution in [3.8, 4) is 0 Å². The van der Waals surface area contributed by atoms with E-state index in [1.165, 1.54) is 12.4 Å². The smallest absolute Gasteiger partial charge is 0.375 e. The van der Waals surface area contributed by atoms with Crippen LogP contribution in [0.4, 0.5) is 0 Å². The highest BCUT2D eigenvalue weighted by Gasteiger charge is 2.12. The molecular formula is C12H14N8O5. The molecule has 2 heterocycles. The lowest BCUT2D eigenvalue weighted by Gasteiger charge is -1.95. The summed E-state index contributed by atoms with van der Waals surface area (Å²) in [5.41, 5.74) is 16.0. The fourth-order valence-corrected chi connectivity index (χ4v) is 1.36. The van der Waals surface area contributed by atoms with Crippen molar-refractivity contribution in [1.29, 1.82) is 0 Å². The first kappa shape index (κ1) is 19.5. The average molecular weight is 350 g/mol. The second kappa shape index (κ2) is 11.1. The van der Waals surface area contributed by atoms with Crippen molar-refractivity contribution in [2.75, 3.05) is 6.61 Å². The Balaban J connectivity index is 0.000000257. The molecule has 2 rings (SSSR count). The van der Waals surface area contributed by atoms with E-state index in [4.69, 9.17) is 25.0 Å². The average Bonchev–Trinajstić information content (AvgIpc) is 3.28. The number of aliphatic hydroxyl groups excluding tert-OH is 1. The van der Waals surface area contributed by atoms with E-state index < -0.39 is 5.97 Å². The third-order valence-corrected chi connectivity index (χ3v) is 2.33. The van der Waals surface area contributed by atoms with Gasteiger partial charge in [0.1, 0.15) is 25.5 Å². The molecule has 0 spiro atoms. The quantitative estimate of drug-likeness (QED) is 0.342. The number of esters is 1. The SMILES string of the molecule is CCOC(=O)c1cnc(CN=[N+]=[N-])o1.[N-]=[N+]=NCc1ncc(CO)o1. The number of aliphatic hydroxyl groups is 1. The Hall–Kier alpha value is -3.53. The molecule has 0 aromatic carbocycles. The molecule has 13 heteroatoms. The highest BCUT2D eigenvalue weighted by atomic mass is 16.5. The van der Waals surface area contributed by atoms with Crippen molar-refractivity contribution in [2.24, 2.45) is 10.2 Å². The summed E-state index contributed by atoms with van der Waals surface area (Å²) in [7, 11) is 0. The van der Waals surface area contributed by atoms with E-state index in [0.29, 0.717) is 11.7 Å². The highest BCUT2D eigenvalue weighted by Crippen LogP contribution is 2.06. The van der Waals surface area contributed by atoms with Crippen molar-refractivity contribution in [3.05, 3.63) is 56.6 Å². The summed E-state index contributed by atoms with van der Waals surface area (Å²) in [4.78, 5) is 23.6. The number of oxazole rings is 2. The molecule has 132 valence electrons. The molecule has 0 bridgehead atoms. The van der Waals surface area contributed by atoms with Crippen LogP contribution in [0.2, 0.25) is 0 Å². The number of carbonyl (C=O) groups is 1. The molecule has 0 aliphatic heterocycles. The topological polar surface area (TPSA) is 196 Å². The van der Waals surface area contributed by atoms with Crippen LogP contribution < -0.4 is 0 Å². The summed E-state index contributed by atoms with van der Waals surface area (Å²) < 4.78 is 14.5. The van der Waals surface area contributed by atoms with Crippen LogP contribution in [-0.4, -0.2) is 27.7 Å². The number of carbonyl (C=O) groups excluding carboxylic acids is 1. The zero-order valence-electron chi connectivity index (χ0n) is 13.1. The monoisotopic (exact) mass is 350 g/mol. The van der Waals surface area contributed by atoms with E-state index in [2.05, 4.69) is 34.8 Å². The molecular weight excluding hydrogens is 336 g/mol. The minimum absolute atomic E-state index is 0.00925. The van der Waals surface area contributed by atoms with Crippen molar-refractivity contribution in [3.63, 3.8) is 0 Å². The molecule has 0 aliphatic rings. The van der Waals surface area contributed by atoms with Gasteiger partial charge in [-0.05, 0) is 18.0 Å². The molecule has 0 fully saturated rings. The summed E-state index contributed by atoms with van der Waals surface area (Å²) in [6.45, 7) is 1.83. The van der Waals surface area contributed by atoms with Gasteiger partial charge in [-0.1, -0.05) is 10.2 Å². The lowest BCUT2D eigenvalue weighted by atomic mass is 10.5. The Labute approximate surface area is 140 Å². The largest absolute Gasteiger partial charge is 0.460 e. The summed E-state index contributed by atoms with van der Waals surface area (Å²) in [5.74, 6) is 0.299. The van der Waals surface area contributed by atoms with Crippen LogP contribution in [0.5, 0.6) is 0 Å². The molecule has 0 amide bonds. The first-order valence-corrected chi connectivity index (χ1v) is 6.82. The van der Waals surface area contributed by atoms with E-state index in [-0.39, 0.29) is 38.0 Å². The third kappa shape index (κ3) is 7.05. The maximum Gasteiger partial charge on any atom is 0.375 e. The number of nitrogens with zero attached hydrogens (tertiary/aromatic N) is 8. The number of rotatable bonds is 7. The van der Waals surface area contributed by atoms with E-state index >= 15 is 0 Å². The minimum Gasteiger partial charge on any atom is -0.460 e. The van der Waals surface area contributed by atoms with Crippen molar-refractivity contribution < 1.29 is 23.5 Å². The Morgan fingerprint density at radius 3 is 2.32 bits per heavy atom. The van der Waals surface area contributed by atoms with E-state index in [1.807, 2.05) is 0 Å². The predicted octanol–water partition coefficient (Wildman–Crippen LogP) is 2.64. The molecule has 25 heavy (non-hydrogen) atoms. The first-order valence-electron chi connectivity index (χ1n) is 6.82. The maximum atomic E-state index is 11.1. The van der Waals surface area contributed by atoms with E-state index in [9.17, 15) is 4.79 Å². The predicted molar refractivity (Wildman–Crippen MR) is 80.6 cm³/mol. The lowest BCUT2D eigenvalue weighted by molar-refractivity contribution is 0.0488. The van der Waals surface area contributed by atoms with E-state index in [1.54, 1.807) is 6.92 Å². The van der Waals surface area contributed by atoms with Crippen LogP contribution in [0.1, 0.15) is 35.0 Å². The second-order valence-corrected chi connectivity index (χ2v) is 4.00. The van der Waals surface area contributed by atoms with Crippen LogP contribution in [0, 0.1) is 0 Å². The molecule has 0 radical (unpaired) electrons. The van der Waals surface area contributed by atoms with Crippen LogP contribution >= 0.6 is 0 Å². The second-order valence-electron chi connectivity index (χ2n) is 4.00. The van der Waals surface area contributed by atoms with Gasteiger partial charge >= 0.3 is 5.97 Å². The highest BCUT2D eigenvalue weighted by molar-refractivity contribution is 5.85. The molecule has 1 N–H and O–H groups in total. The fraction of sp³-hybridized carbons (Fsp3) is 0.417. The third-order valence-electron chi connectivity index (χ3n) is 2.33. The summed E-state index contributed by atoms with van der Waals surface area (Å²) in [6, 6.07) is 0. The van der Waals surface area contributed by atoms with Gasteiger partial charge in [-0.25, -0.2) is 14.8 Å². The van der Waals surface area contributed by atoms with Gasteiger partial charge < -0.3 is 18.7 Å².